The Bertz CT molecular complexity index is 1020. The smallest absolute Gasteiger partial charge is 0.346 e. The van der Waals surface area contributed by atoms with Crippen LogP contribution in [0, 0.1) is 0 Å². The maximum absolute atomic E-state index is 13.2. The molecule has 0 aliphatic heterocycles. The van der Waals surface area contributed by atoms with Crippen LogP contribution in [0.3, 0.4) is 0 Å². The Balaban J connectivity index is 1.75. The van der Waals surface area contributed by atoms with E-state index in [-0.39, 0.29) is 18.3 Å². The molecule has 1 saturated carbocycles. The Labute approximate surface area is 168 Å². The number of nitrogens with zero attached hydrogens (tertiary/aromatic N) is 3. The van der Waals surface area contributed by atoms with Gasteiger partial charge >= 0.3 is 5.69 Å². The fourth-order valence-electron chi connectivity index (χ4n) is 3.44. The second kappa shape index (κ2) is 7.81. The highest BCUT2D eigenvalue weighted by atomic mass is 35.5. The molecule has 0 spiro atoms. The molecular weight excluding hydrogens is 378 g/mol. The number of aliphatic hydroxyl groups is 1. The molecule has 6 nitrogen and oxygen atoms in total. The highest BCUT2D eigenvalue weighted by Crippen LogP contribution is 2.37. The summed E-state index contributed by atoms with van der Waals surface area (Å²) in [5, 5.41) is 15.3. The first kappa shape index (κ1) is 18.8. The van der Waals surface area contributed by atoms with Crippen molar-refractivity contribution in [1.82, 2.24) is 14.3 Å². The number of ether oxygens (including phenoxy) is 1. The van der Waals surface area contributed by atoms with Gasteiger partial charge in [-0.25, -0.2) is 9.48 Å². The van der Waals surface area contributed by atoms with E-state index >= 15 is 0 Å². The van der Waals surface area contributed by atoms with Gasteiger partial charge in [-0.1, -0.05) is 29.8 Å². The summed E-state index contributed by atoms with van der Waals surface area (Å²) in [7, 11) is 1.61. The number of hydrogen-bond acceptors (Lipinski definition) is 4. The van der Waals surface area contributed by atoms with E-state index in [0.29, 0.717) is 17.3 Å². The minimum absolute atomic E-state index is 0.164. The zero-order chi connectivity index (χ0) is 19.7. The van der Waals surface area contributed by atoms with Crippen LogP contribution in [0.5, 0.6) is 5.75 Å². The molecule has 1 heterocycles. The SMILES string of the molecule is COc1ccccc1CC(CO)n1nc(-c2ccc(Cl)cc2)n(C2CC2)c1=O. The third kappa shape index (κ3) is 3.57. The molecule has 1 aromatic heterocycles. The normalized spacial score (nSPS) is 14.8. The molecule has 1 atom stereocenters. The molecule has 1 aliphatic rings. The van der Waals surface area contributed by atoms with Crippen molar-refractivity contribution in [2.24, 2.45) is 0 Å². The molecule has 3 aromatic rings. The van der Waals surface area contributed by atoms with E-state index in [0.717, 1.165) is 29.7 Å². The molecule has 0 amide bonds. The first-order valence-corrected chi connectivity index (χ1v) is 9.70. The summed E-state index contributed by atoms with van der Waals surface area (Å²) in [4.78, 5) is 13.2. The van der Waals surface area contributed by atoms with Gasteiger partial charge in [0, 0.05) is 23.0 Å². The van der Waals surface area contributed by atoms with Gasteiger partial charge in [-0.3, -0.25) is 4.57 Å². The van der Waals surface area contributed by atoms with Gasteiger partial charge in [0.25, 0.3) is 0 Å². The maximum Gasteiger partial charge on any atom is 0.346 e. The van der Waals surface area contributed by atoms with Crippen molar-refractivity contribution < 1.29 is 9.84 Å². The summed E-state index contributed by atoms with van der Waals surface area (Å²) in [6.45, 7) is -0.195. The molecule has 2 aromatic carbocycles. The largest absolute Gasteiger partial charge is 0.496 e. The van der Waals surface area contributed by atoms with E-state index in [1.807, 2.05) is 36.4 Å². The predicted molar refractivity (Wildman–Crippen MR) is 108 cm³/mol. The summed E-state index contributed by atoms with van der Waals surface area (Å²) in [6, 6.07) is 14.6. The van der Waals surface area contributed by atoms with Gasteiger partial charge < -0.3 is 9.84 Å². The molecule has 7 heteroatoms. The number of hydrogen-bond donors (Lipinski definition) is 1. The molecule has 146 valence electrons. The van der Waals surface area contributed by atoms with Gasteiger partial charge in [-0.15, -0.1) is 5.10 Å². The van der Waals surface area contributed by atoms with E-state index in [1.54, 1.807) is 23.8 Å². The number of rotatable bonds is 7. The quantitative estimate of drug-likeness (QED) is 0.660. The van der Waals surface area contributed by atoms with Gasteiger partial charge in [0.15, 0.2) is 5.82 Å². The van der Waals surface area contributed by atoms with Crippen molar-refractivity contribution >= 4 is 11.6 Å². The van der Waals surface area contributed by atoms with E-state index in [9.17, 15) is 9.90 Å². The van der Waals surface area contributed by atoms with Crippen molar-refractivity contribution in [1.29, 1.82) is 0 Å². The zero-order valence-corrected chi connectivity index (χ0v) is 16.3. The average Bonchev–Trinajstić information content (AvgIpc) is 3.50. The van der Waals surface area contributed by atoms with E-state index < -0.39 is 6.04 Å². The first-order valence-electron chi connectivity index (χ1n) is 9.32. The molecule has 1 N–H and O–H groups in total. The predicted octanol–water partition coefficient (Wildman–Crippen LogP) is 3.48. The Morgan fingerprint density at radius 2 is 1.93 bits per heavy atom. The second-order valence-corrected chi connectivity index (χ2v) is 7.45. The van der Waals surface area contributed by atoms with Crippen LogP contribution in [0.1, 0.15) is 30.5 Å². The minimum atomic E-state index is -0.477. The molecule has 0 saturated heterocycles. The highest BCUT2D eigenvalue weighted by molar-refractivity contribution is 6.30. The average molecular weight is 400 g/mol. The number of benzene rings is 2. The molecule has 0 bridgehead atoms. The van der Waals surface area contributed by atoms with E-state index in [4.69, 9.17) is 16.3 Å². The van der Waals surface area contributed by atoms with Crippen LogP contribution in [0.25, 0.3) is 11.4 Å². The van der Waals surface area contributed by atoms with Crippen LogP contribution >= 0.6 is 11.6 Å². The summed E-state index contributed by atoms with van der Waals surface area (Å²) < 4.78 is 8.56. The lowest BCUT2D eigenvalue weighted by Crippen LogP contribution is -2.31. The van der Waals surface area contributed by atoms with Crippen LogP contribution < -0.4 is 10.4 Å². The third-order valence-corrected chi connectivity index (χ3v) is 5.30. The number of aliphatic hydroxyl groups excluding tert-OH is 1. The number of aromatic nitrogens is 3. The summed E-state index contributed by atoms with van der Waals surface area (Å²) in [6.07, 6.45) is 2.37. The van der Waals surface area contributed by atoms with Crippen molar-refractivity contribution in [2.75, 3.05) is 13.7 Å². The minimum Gasteiger partial charge on any atom is -0.496 e. The van der Waals surface area contributed by atoms with Crippen LogP contribution in [0.4, 0.5) is 0 Å². The zero-order valence-electron chi connectivity index (χ0n) is 15.6. The highest BCUT2D eigenvalue weighted by Gasteiger charge is 2.32. The summed E-state index contributed by atoms with van der Waals surface area (Å²) in [5.41, 5.74) is 1.56. The van der Waals surface area contributed by atoms with Gasteiger partial charge in [0.2, 0.25) is 0 Å². The summed E-state index contributed by atoms with van der Waals surface area (Å²) in [5.74, 6) is 1.34. The molecule has 0 radical (unpaired) electrons. The fourth-order valence-corrected chi connectivity index (χ4v) is 3.57. The molecule has 1 unspecified atom stereocenters. The Kier molecular flexibility index (Phi) is 5.24. The maximum atomic E-state index is 13.2. The van der Waals surface area contributed by atoms with Crippen molar-refractivity contribution in [3.05, 3.63) is 69.6 Å². The number of halogens is 1. The van der Waals surface area contributed by atoms with Gasteiger partial charge in [0.1, 0.15) is 5.75 Å². The van der Waals surface area contributed by atoms with Gasteiger partial charge in [0.05, 0.1) is 19.8 Å². The second-order valence-electron chi connectivity index (χ2n) is 7.01. The summed E-state index contributed by atoms with van der Waals surface area (Å²) >= 11 is 6.00. The van der Waals surface area contributed by atoms with Crippen LogP contribution in [-0.2, 0) is 6.42 Å². The first-order chi connectivity index (χ1) is 13.6. The number of para-hydroxylation sites is 1. The van der Waals surface area contributed by atoms with Crippen LogP contribution in [0.2, 0.25) is 5.02 Å². The molecule has 1 aliphatic carbocycles. The lowest BCUT2D eigenvalue weighted by atomic mass is 10.1. The number of methoxy groups -OCH3 is 1. The monoisotopic (exact) mass is 399 g/mol. The Morgan fingerprint density at radius 1 is 1.21 bits per heavy atom. The third-order valence-electron chi connectivity index (χ3n) is 5.05. The lowest BCUT2D eigenvalue weighted by Gasteiger charge is -2.15. The Morgan fingerprint density at radius 3 is 2.57 bits per heavy atom. The van der Waals surface area contributed by atoms with E-state index in [2.05, 4.69) is 5.10 Å². The van der Waals surface area contributed by atoms with Crippen molar-refractivity contribution in [3.8, 4) is 17.1 Å². The van der Waals surface area contributed by atoms with E-state index in [1.165, 1.54) is 4.68 Å². The van der Waals surface area contributed by atoms with Crippen LogP contribution in [-0.4, -0.2) is 33.2 Å². The van der Waals surface area contributed by atoms with Crippen molar-refractivity contribution in [2.45, 2.75) is 31.3 Å². The fraction of sp³-hybridized carbons (Fsp3) is 0.333. The molecule has 1 fully saturated rings. The molecule has 4 rings (SSSR count). The van der Waals surface area contributed by atoms with Gasteiger partial charge in [-0.2, -0.15) is 0 Å². The topological polar surface area (TPSA) is 69.3 Å². The Hall–Kier alpha value is -2.57. The van der Waals surface area contributed by atoms with Crippen molar-refractivity contribution in [3.63, 3.8) is 0 Å². The molecular formula is C21H22ClN3O3. The molecule has 28 heavy (non-hydrogen) atoms. The lowest BCUT2D eigenvalue weighted by molar-refractivity contribution is 0.213. The van der Waals surface area contributed by atoms with Crippen LogP contribution in [0.15, 0.2) is 53.3 Å². The standard InChI is InChI=1S/C21H22ClN3O3/c1-28-19-5-3-2-4-15(19)12-18(13-26)25-21(27)24(17-10-11-17)20(23-25)14-6-8-16(22)9-7-14/h2-9,17-18,26H,10-13H2,1H3. The van der Waals surface area contributed by atoms with Gasteiger partial charge in [-0.05, 0) is 48.7 Å².